The molecule has 1 aromatic carbocycles. The van der Waals surface area contributed by atoms with Crippen LogP contribution in [0, 0.1) is 0 Å². The van der Waals surface area contributed by atoms with Gasteiger partial charge in [-0.3, -0.25) is 4.79 Å². The molecule has 4 nitrogen and oxygen atoms in total. The monoisotopic (exact) mass is 234 g/mol. The Morgan fingerprint density at radius 2 is 2.24 bits per heavy atom. The standard InChI is InChI=1S/C13H18N2O2/c1-3-9-8-12(16)15-13-10(14-9)6-5-7-11(13)17-4-2/h5-7,9,14H,3-4,8H2,1-2H3,(H,15,16). The molecule has 2 N–H and O–H groups in total. The minimum Gasteiger partial charge on any atom is -0.492 e. The van der Waals surface area contributed by atoms with Crippen molar-refractivity contribution in [2.24, 2.45) is 0 Å². The molecule has 92 valence electrons. The van der Waals surface area contributed by atoms with E-state index in [1.165, 1.54) is 0 Å². The first kappa shape index (κ1) is 11.8. The molecule has 0 saturated heterocycles. The van der Waals surface area contributed by atoms with Gasteiger partial charge in [-0.1, -0.05) is 13.0 Å². The number of carbonyl (C=O) groups excluding carboxylic acids is 1. The van der Waals surface area contributed by atoms with Gasteiger partial charge >= 0.3 is 0 Å². The van der Waals surface area contributed by atoms with Crippen LogP contribution >= 0.6 is 0 Å². The van der Waals surface area contributed by atoms with E-state index in [0.717, 1.165) is 23.5 Å². The van der Waals surface area contributed by atoms with Crippen LogP contribution in [0.3, 0.4) is 0 Å². The molecule has 0 bridgehead atoms. The average molecular weight is 234 g/mol. The Morgan fingerprint density at radius 1 is 1.41 bits per heavy atom. The van der Waals surface area contributed by atoms with Crippen LogP contribution in [0.1, 0.15) is 26.7 Å². The van der Waals surface area contributed by atoms with E-state index >= 15 is 0 Å². The van der Waals surface area contributed by atoms with Crippen molar-refractivity contribution in [2.75, 3.05) is 17.2 Å². The van der Waals surface area contributed by atoms with Gasteiger partial charge in [-0.25, -0.2) is 0 Å². The number of rotatable bonds is 3. The summed E-state index contributed by atoms with van der Waals surface area (Å²) in [6, 6.07) is 5.96. The van der Waals surface area contributed by atoms with Gasteiger partial charge in [0.15, 0.2) is 0 Å². The zero-order chi connectivity index (χ0) is 12.3. The molecule has 1 heterocycles. The normalized spacial score (nSPS) is 18.7. The second kappa shape index (κ2) is 5.08. The van der Waals surface area contributed by atoms with E-state index in [0.29, 0.717) is 13.0 Å². The number of amides is 1. The lowest BCUT2D eigenvalue weighted by Crippen LogP contribution is -2.21. The van der Waals surface area contributed by atoms with Crippen molar-refractivity contribution in [3.63, 3.8) is 0 Å². The summed E-state index contributed by atoms with van der Waals surface area (Å²) >= 11 is 0. The molecule has 2 rings (SSSR count). The van der Waals surface area contributed by atoms with Crippen molar-refractivity contribution in [3.05, 3.63) is 18.2 Å². The van der Waals surface area contributed by atoms with E-state index in [1.54, 1.807) is 0 Å². The number of hydrogen-bond acceptors (Lipinski definition) is 3. The molecule has 0 aromatic heterocycles. The number of carbonyl (C=O) groups is 1. The molecule has 17 heavy (non-hydrogen) atoms. The maximum Gasteiger partial charge on any atom is 0.226 e. The van der Waals surface area contributed by atoms with Crippen molar-refractivity contribution in [1.82, 2.24) is 0 Å². The molecular formula is C13H18N2O2. The second-order valence-corrected chi connectivity index (χ2v) is 4.11. The fourth-order valence-corrected chi connectivity index (χ4v) is 1.99. The van der Waals surface area contributed by atoms with Gasteiger partial charge in [0.1, 0.15) is 11.4 Å². The van der Waals surface area contributed by atoms with E-state index in [4.69, 9.17) is 4.74 Å². The third-order valence-electron chi connectivity index (χ3n) is 2.87. The molecule has 0 aliphatic carbocycles. The largest absolute Gasteiger partial charge is 0.492 e. The maximum atomic E-state index is 11.8. The van der Waals surface area contributed by atoms with E-state index in [-0.39, 0.29) is 11.9 Å². The molecule has 0 radical (unpaired) electrons. The Morgan fingerprint density at radius 3 is 2.94 bits per heavy atom. The number of ether oxygens (including phenoxy) is 1. The quantitative estimate of drug-likeness (QED) is 0.845. The van der Waals surface area contributed by atoms with E-state index in [1.807, 2.05) is 25.1 Å². The van der Waals surface area contributed by atoms with E-state index in [9.17, 15) is 4.79 Å². The van der Waals surface area contributed by atoms with Crippen LogP contribution in [0.25, 0.3) is 0 Å². The summed E-state index contributed by atoms with van der Waals surface area (Å²) in [7, 11) is 0. The highest BCUT2D eigenvalue weighted by Crippen LogP contribution is 2.35. The Bertz CT molecular complexity index is 418. The number of para-hydroxylation sites is 1. The fraction of sp³-hybridized carbons (Fsp3) is 0.462. The Kier molecular flexibility index (Phi) is 3.52. The number of hydrogen-bond donors (Lipinski definition) is 2. The smallest absolute Gasteiger partial charge is 0.226 e. The molecule has 1 aliphatic heterocycles. The first-order chi connectivity index (χ1) is 8.24. The number of benzene rings is 1. The van der Waals surface area contributed by atoms with Gasteiger partial charge in [0.2, 0.25) is 5.91 Å². The van der Waals surface area contributed by atoms with Crippen LogP contribution in [0.4, 0.5) is 11.4 Å². The minimum atomic E-state index is 0.0373. The zero-order valence-corrected chi connectivity index (χ0v) is 10.2. The van der Waals surface area contributed by atoms with E-state index < -0.39 is 0 Å². The van der Waals surface area contributed by atoms with Crippen molar-refractivity contribution in [2.45, 2.75) is 32.7 Å². The van der Waals surface area contributed by atoms with Crippen molar-refractivity contribution in [3.8, 4) is 5.75 Å². The van der Waals surface area contributed by atoms with Crippen LogP contribution in [-0.2, 0) is 4.79 Å². The lowest BCUT2D eigenvalue weighted by atomic mass is 10.1. The summed E-state index contributed by atoms with van der Waals surface area (Å²) in [5.74, 6) is 0.762. The molecule has 1 amide bonds. The third-order valence-corrected chi connectivity index (χ3v) is 2.87. The summed E-state index contributed by atoms with van der Waals surface area (Å²) in [5, 5.41) is 6.29. The maximum absolute atomic E-state index is 11.8. The molecule has 0 fully saturated rings. The minimum absolute atomic E-state index is 0.0373. The number of fused-ring (bicyclic) bond motifs is 1. The molecular weight excluding hydrogens is 216 g/mol. The summed E-state index contributed by atoms with van der Waals surface area (Å²) in [6.45, 7) is 4.59. The van der Waals surface area contributed by atoms with Crippen LogP contribution in [-0.4, -0.2) is 18.6 Å². The van der Waals surface area contributed by atoms with Gasteiger partial charge in [0.25, 0.3) is 0 Å². The summed E-state index contributed by atoms with van der Waals surface area (Å²) in [5.41, 5.74) is 1.70. The molecule has 0 saturated carbocycles. The van der Waals surface area contributed by atoms with Gasteiger partial charge in [0.05, 0.1) is 12.3 Å². The second-order valence-electron chi connectivity index (χ2n) is 4.11. The number of anilines is 2. The van der Waals surface area contributed by atoms with Gasteiger partial charge in [-0.2, -0.15) is 0 Å². The molecule has 1 aromatic rings. The summed E-state index contributed by atoms with van der Waals surface area (Å²) < 4.78 is 5.52. The van der Waals surface area contributed by atoms with E-state index in [2.05, 4.69) is 17.6 Å². The Balaban J connectivity index is 2.36. The van der Waals surface area contributed by atoms with Crippen LogP contribution in [0.5, 0.6) is 5.75 Å². The van der Waals surface area contributed by atoms with Crippen molar-refractivity contribution >= 4 is 17.3 Å². The van der Waals surface area contributed by atoms with Gasteiger partial charge in [-0.05, 0) is 25.5 Å². The molecule has 1 atom stereocenters. The fourth-order valence-electron chi connectivity index (χ4n) is 1.99. The SMILES string of the molecule is CCOc1cccc2c1NC(=O)CC(CC)N2. The van der Waals surface area contributed by atoms with Gasteiger partial charge in [-0.15, -0.1) is 0 Å². The first-order valence-corrected chi connectivity index (χ1v) is 6.06. The highest BCUT2D eigenvalue weighted by molar-refractivity contribution is 5.98. The lowest BCUT2D eigenvalue weighted by Gasteiger charge is -2.16. The molecule has 0 spiro atoms. The summed E-state index contributed by atoms with van der Waals surface area (Å²) in [4.78, 5) is 11.8. The Labute approximate surface area is 101 Å². The van der Waals surface area contributed by atoms with Crippen LogP contribution in [0.15, 0.2) is 18.2 Å². The predicted molar refractivity (Wildman–Crippen MR) is 68.6 cm³/mol. The average Bonchev–Trinajstić information content (AvgIpc) is 2.48. The summed E-state index contributed by atoms with van der Waals surface area (Å²) in [6.07, 6.45) is 1.42. The zero-order valence-electron chi connectivity index (χ0n) is 10.2. The first-order valence-electron chi connectivity index (χ1n) is 6.06. The van der Waals surface area contributed by atoms with Gasteiger partial charge < -0.3 is 15.4 Å². The van der Waals surface area contributed by atoms with Crippen LogP contribution in [0.2, 0.25) is 0 Å². The highest BCUT2D eigenvalue weighted by Gasteiger charge is 2.21. The van der Waals surface area contributed by atoms with Crippen molar-refractivity contribution in [1.29, 1.82) is 0 Å². The predicted octanol–water partition coefficient (Wildman–Crippen LogP) is 2.62. The van der Waals surface area contributed by atoms with Crippen LogP contribution < -0.4 is 15.4 Å². The topological polar surface area (TPSA) is 50.4 Å². The number of nitrogens with one attached hydrogen (secondary N) is 2. The molecule has 1 aliphatic rings. The Hall–Kier alpha value is -1.71. The highest BCUT2D eigenvalue weighted by atomic mass is 16.5. The van der Waals surface area contributed by atoms with Crippen molar-refractivity contribution < 1.29 is 9.53 Å². The molecule has 4 heteroatoms. The molecule has 1 unspecified atom stereocenters. The lowest BCUT2D eigenvalue weighted by molar-refractivity contribution is -0.116. The third kappa shape index (κ3) is 2.52. The van der Waals surface area contributed by atoms with Gasteiger partial charge in [0, 0.05) is 12.5 Å².